The van der Waals surface area contributed by atoms with Crippen LogP contribution in [0.5, 0.6) is 0 Å². The van der Waals surface area contributed by atoms with E-state index in [4.69, 9.17) is 16.7 Å². The number of aryl methyl sites for hydroxylation is 1. The maximum atomic E-state index is 10.5. The van der Waals surface area contributed by atoms with Crippen LogP contribution in [0.25, 0.3) is 10.9 Å². The number of carboxylic acids is 1. The van der Waals surface area contributed by atoms with Crippen LogP contribution in [0.4, 0.5) is 0 Å². The van der Waals surface area contributed by atoms with Crippen LogP contribution in [0, 0.1) is 0 Å². The SMILES string of the molecule is O=C(O)CCc1cccc2c(Cl)[nH]nc12. The lowest BCUT2D eigenvalue weighted by Crippen LogP contribution is -1.97. The van der Waals surface area contributed by atoms with Crippen LogP contribution < -0.4 is 0 Å². The van der Waals surface area contributed by atoms with Crippen molar-refractivity contribution in [2.75, 3.05) is 0 Å². The van der Waals surface area contributed by atoms with Gasteiger partial charge in [0.25, 0.3) is 0 Å². The van der Waals surface area contributed by atoms with Crippen molar-refractivity contribution in [3.63, 3.8) is 0 Å². The van der Waals surface area contributed by atoms with Gasteiger partial charge in [-0.2, -0.15) is 5.10 Å². The number of aliphatic carboxylic acids is 1. The Bertz CT molecular complexity index is 507. The Morgan fingerprint density at radius 2 is 2.33 bits per heavy atom. The van der Waals surface area contributed by atoms with Crippen molar-refractivity contribution < 1.29 is 9.90 Å². The van der Waals surface area contributed by atoms with E-state index in [2.05, 4.69) is 10.2 Å². The first-order valence-electron chi connectivity index (χ1n) is 4.52. The Morgan fingerprint density at radius 3 is 3.07 bits per heavy atom. The lowest BCUT2D eigenvalue weighted by atomic mass is 10.1. The number of H-pyrrole nitrogens is 1. The van der Waals surface area contributed by atoms with Crippen LogP contribution in [0.1, 0.15) is 12.0 Å². The summed E-state index contributed by atoms with van der Waals surface area (Å²) in [5.41, 5.74) is 1.65. The number of aromatic amines is 1. The van der Waals surface area contributed by atoms with Crippen molar-refractivity contribution in [2.45, 2.75) is 12.8 Å². The van der Waals surface area contributed by atoms with Crippen molar-refractivity contribution in [2.24, 2.45) is 0 Å². The molecule has 0 aliphatic heterocycles. The van der Waals surface area contributed by atoms with Gasteiger partial charge in [0, 0.05) is 11.8 Å². The molecule has 1 aromatic heterocycles. The molecule has 0 spiro atoms. The molecule has 2 rings (SSSR count). The third-order valence-corrected chi connectivity index (χ3v) is 2.52. The van der Waals surface area contributed by atoms with E-state index in [-0.39, 0.29) is 6.42 Å². The molecule has 0 saturated heterocycles. The number of fused-ring (bicyclic) bond motifs is 1. The van der Waals surface area contributed by atoms with E-state index in [0.29, 0.717) is 11.6 Å². The predicted molar refractivity (Wildman–Crippen MR) is 57.1 cm³/mol. The Labute approximate surface area is 90.9 Å². The zero-order chi connectivity index (χ0) is 10.8. The largest absolute Gasteiger partial charge is 0.481 e. The molecule has 1 aromatic carbocycles. The summed E-state index contributed by atoms with van der Waals surface area (Å²) in [5, 5.41) is 16.6. The third kappa shape index (κ3) is 1.94. The number of para-hydroxylation sites is 1. The number of carboxylic acid groups (broad SMARTS) is 1. The lowest BCUT2D eigenvalue weighted by Gasteiger charge is -1.99. The van der Waals surface area contributed by atoms with Crippen LogP contribution in [0.15, 0.2) is 18.2 Å². The van der Waals surface area contributed by atoms with Crippen molar-refractivity contribution in [3.8, 4) is 0 Å². The number of halogens is 1. The molecule has 0 bridgehead atoms. The number of nitrogens with zero attached hydrogens (tertiary/aromatic N) is 1. The summed E-state index contributed by atoms with van der Waals surface area (Å²) in [6.45, 7) is 0. The van der Waals surface area contributed by atoms with Crippen molar-refractivity contribution in [1.29, 1.82) is 0 Å². The molecule has 5 heteroatoms. The molecule has 2 N–H and O–H groups in total. The van der Waals surface area contributed by atoms with E-state index in [1.54, 1.807) is 0 Å². The zero-order valence-electron chi connectivity index (χ0n) is 7.83. The molecule has 0 fully saturated rings. The molecular weight excluding hydrogens is 216 g/mol. The fourth-order valence-electron chi connectivity index (χ4n) is 1.51. The first-order chi connectivity index (χ1) is 7.18. The highest BCUT2D eigenvalue weighted by Crippen LogP contribution is 2.23. The van der Waals surface area contributed by atoms with Gasteiger partial charge in [0.15, 0.2) is 0 Å². The number of carbonyl (C=O) groups is 1. The second kappa shape index (κ2) is 3.90. The van der Waals surface area contributed by atoms with Gasteiger partial charge in [0.05, 0.1) is 5.52 Å². The molecule has 0 radical (unpaired) electrons. The summed E-state index contributed by atoms with van der Waals surface area (Å²) in [5.74, 6) is -0.811. The highest BCUT2D eigenvalue weighted by molar-refractivity contribution is 6.34. The average Bonchev–Trinajstić information content (AvgIpc) is 2.58. The Balaban J connectivity index is 2.38. The van der Waals surface area contributed by atoms with E-state index in [1.807, 2.05) is 18.2 Å². The highest BCUT2D eigenvalue weighted by atomic mass is 35.5. The molecule has 4 nitrogen and oxygen atoms in total. The third-order valence-electron chi connectivity index (χ3n) is 2.23. The van der Waals surface area contributed by atoms with Crippen molar-refractivity contribution in [1.82, 2.24) is 10.2 Å². The van der Waals surface area contributed by atoms with Crippen LogP contribution in [0.2, 0.25) is 5.15 Å². The normalized spacial score (nSPS) is 10.7. The summed E-state index contributed by atoms with van der Waals surface area (Å²) in [4.78, 5) is 10.5. The van der Waals surface area contributed by atoms with E-state index < -0.39 is 5.97 Å². The van der Waals surface area contributed by atoms with E-state index in [1.165, 1.54) is 0 Å². The fraction of sp³-hybridized carbons (Fsp3) is 0.200. The Kier molecular flexibility index (Phi) is 2.60. The van der Waals surface area contributed by atoms with Gasteiger partial charge >= 0.3 is 5.97 Å². The minimum Gasteiger partial charge on any atom is -0.481 e. The van der Waals surface area contributed by atoms with Crippen molar-refractivity contribution >= 4 is 28.5 Å². The van der Waals surface area contributed by atoms with Gasteiger partial charge < -0.3 is 5.11 Å². The maximum absolute atomic E-state index is 10.5. The number of aromatic nitrogens is 2. The van der Waals surface area contributed by atoms with Gasteiger partial charge in [-0.15, -0.1) is 0 Å². The van der Waals surface area contributed by atoms with Crippen LogP contribution in [-0.2, 0) is 11.2 Å². The highest BCUT2D eigenvalue weighted by Gasteiger charge is 2.08. The smallest absolute Gasteiger partial charge is 0.303 e. The second-order valence-electron chi connectivity index (χ2n) is 3.24. The van der Waals surface area contributed by atoms with Crippen molar-refractivity contribution in [3.05, 3.63) is 28.9 Å². The Morgan fingerprint density at radius 1 is 1.53 bits per heavy atom. The Hall–Kier alpha value is -1.55. The number of hydrogen-bond acceptors (Lipinski definition) is 2. The summed E-state index contributed by atoms with van der Waals surface area (Å²) in [6.07, 6.45) is 0.567. The molecule has 0 amide bonds. The molecule has 0 aliphatic carbocycles. The van der Waals surface area contributed by atoms with Gasteiger partial charge in [0.1, 0.15) is 5.15 Å². The first kappa shape index (κ1) is 9.98. The van der Waals surface area contributed by atoms with Gasteiger partial charge in [-0.3, -0.25) is 9.89 Å². The molecule has 0 saturated carbocycles. The van der Waals surface area contributed by atoms with Crippen LogP contribution in [-0.4, -0.2) is 21.3 Å². The second-order valence-corrected chi connectivity index (χ2v) is 3.62. The standard InChI is InChI=1S/C10H9ClN2O2/c11-10-7-3-1-2-6(4-5-8(14)15)9(7)12-13-10/h1-3H,4-5H2,(H,12,13)(H,14,15). The molecule has 0 unspecified atom stereocenters. The molecule has 15 heavy (non-hydrogen) atoms. The predicted octanol–water partition coefficient (Wildman–Crippen LogP) is 2.23. The minimum absolute atomic E-state index is 0.101. The molecule has 0 atom stereocenters. The summed E-state index contributed by atoms with van der Waals surface area (Å²) in [7, 11) is 0. The summed E-state index contributed by atoms with van der Waals surface area (Å²) < 4.78 is 0. The summed E-state index contributed by atoms with van der Waals surface area (Å²) >= 11 is 5.87. The lowest BCUT2D eigenvalue weighted by molar-refractivity contribution is -0.136. The molecule has 1 heterocycles. The number of benzene rings is 1. The number of rotatable bonds is 3. The fourth-order valence-corrected chi connectivity index (χ4v) is 1.70. The van der Waals surface area contributed by atoms with Gasteiger partial charge in [-0.1, -0.05) is 23.7 Å². The zero-order valence-corrected chi connectivity index (χ0v) is 8.58. The van der Waals surface area contributed by atoms with E-state index in [0.717, 1.165) is 16.5 Å². The molecular formula is C10H9ClN2O2. The van der Waals surface area contributed by atoms with E-state index >= 15 is 0 Å². The van der Waals surface area contributed by atoms with Gasteiger partial charge in [-0.25, -0.2) is 0 Å². The molecule has 2 aromatic rings. The quantitative estimate of drug-likeness (QED) is 0.840. The number of hydrogen-bond donors (Lipinski definition) is 2. The topological polar surface area (TPSA) is 66.0 Å². The average molecular weight is 225 g/mol. The minimum atomic E-state index is -0.811. The van der Waals surface area contributed by atoms with Crippen LogP contribution >= 0.6 is 11.6 Å². The van der Waals surface area contributed by atoms with Gasteiger partial charge in [0.2, 0.25) is 0 Å². The number of nitrogens with one attached hydrogen (secondary N) is 1. The first-order valence-corrected chi connectivity index (χ1v) is 4.89. The van der Waals surface area contributed by atoms with Crippen LogP contribution in [0.3, 0.4) is 0 Å². The molecule has 0 aliphatic rings. The maximum Gasteiger partial charge on any atom is 0.303 e. The summed E-state index contributed by atoms with van der Waals surface area (Å²) in [6, 6.07) is 5.56. The monoisotopic (exact) mass is 224 g/mol. The van der Waals surface area contributed by atoms with E-state index in [9.17, 15) is 4.79 Å². The molecule has 78 valence electrons. The van der Waals surface area contributed by atoms with Gasteiger partial charge in [-0.05, 0) is 18.1 Å².